The molecular formula is C12H19N3O5S. The average molecular weight is 317 g/mol. The Morgan fingerprint density at radius 1 is 1.43 bits per heavy atom. The summed E-state index contributed by atoms with van der Waals surface area (Å²) in [5.41, 5.74) is 0. The number of rotatable bonds is 8. The van der Waals surface area contributed by atoms with Crippen LogP contribution in [0.4, 0.5) is 4.79 Å². The van der Waals surface area contributed by atoms with E-state index in [-0.39, 0.29) is 6.61 Å². The van der Waals surface area contributed by atoms with Crippen LogP contribution in [-0.4, -0.2) is 51.1 Å². The molecule has 0 aliphatic rings. The summed E-state index contributed by atoms with van der Waals surface area (Å²) in [5, 5.41) is 13.1. The summed E-state index contributed by atoms with van der Waals surface area (Å²) in [7, 11) is -3.51. The van der Waals surface area contributed by atoms with E-state index in [1.807, 2.05) is 0 Å². The number of nitrogens with zero attached hydrogens (tertiary/aromatic N) is 1. The van der Waals surface area contributed by atoms with Gasteiger partial charge in [0.15, 0.2) is 0 Å². The van der Waals surface area contributed by atoms with Crippen molar-refractivity contribution in [2.24, 2.45) is 0 Å². The fraction of sp³-hybridized carbons (Fsp3) is 0.583. The van der Waals surface area contributed by atoms with Crippen LogP contribution in [0.1, 0.15) is 13.3 Å². The molecule has 0 bridgehead atoms. The second-order valence-corrected chi connectivity index (χ2v) is 6.55. The van der Waals surface area contributed by atoms with Crippen LogP contribution >= 0.6 is 0 Å². The Morgan fingerprint density at radius 3 is 2.52 bits per heavy atom. The van der Waals surface area contributed by atoms with Crippen LogP contribution in [0.25, 0.3) is 0 Å². The quantitative estimate of drug-likeness (QED) is 0.469. The molecule has 2 unspecified atom stereocenters. The topological polar surface area (TPSA) is 125 Å². The van der Waals surface area contributed by atoms with Gasteiger partial charge in [0.05, 0.1) is 18.4 Å². The monoisotopic (exact) mass is 317 g/mol. The third-order valence-electron chi connectivity index (χ3n) is 2.19. The maximum Gasteiger partial charge on any atom is 0.407 e. The molecule has 0 aromatic heterocycles. The van der Waals surface area contributed by atoms with Crippen molar-refractivity contribution in [3.05, 3.63) is 12.7 Å². The molecule has 21 heavy (non-hydrogen) atoms. The van der Waals surface area contributed by atoms with Crippen LogP contribution in [0, 0.1) is 11.3 Å². The first kappa shape index (κ1) is 18.9. The number of sulfone groups is 1. The Labute approximate surface area is 124 Å². The van der Waals surface area contributed by atoms with E-state index in [4.69, 9.17) is 10.00 Å². The molecule has 9 heteroatoms. The zero-order valence-corrected chi connectivity index (χ0v) is 12.8. The van der Waals surface area contributed by atoms with Gasteiger partial charge in [-0.2, -0.15) is 5.26 Å². The Kier molecular flexibility index (Phi) is 8.08. The second kappa shape index (κ2) is 8.97. The molecule has 0 rings (SSSR count). The number of alkyl carbamates (subject to hydrolysis) is 1. The molecule has 0 saturated heterocycles. The third-order valence-corrected chi connectivity index (χ3v) is 3.12. The lowest BCUT2D eigenvalue weighted by atomic mass is 10.3. The van der Waals surface area contributed by atoms with Crippen LogP contribution in [0.15, 0.2) is 12.7 Å². The van der Waals surface area contributed by atoms with Gasteiger partial charge in [-0.05, 0) is 13.3 Å². The number of carbonyl (C=O) groups excluding carboxylic acids is 2. The van der Waals surface area contributed by atoms with Gasteiger partial charge >= 0.3 is 6.09 Å². The minimum atomic E-state index is -3.51. The number of hydrogen-bond acceptors (Lipinski definition) is 6. The first-order valence-corrected chi connectivity index (χ1v) is 8.17. The highest BCUT2D eigenvalue weighted by Gasteiger charge is 2.26. The molecule has 2 N–H and O–H groups in total. The van der Waals surface area contributed by atoms with Gasteiger partial charge in [0.1, 0.15) is 21.9 Å². The molecule has 0 heterocycles. The number of nitriles is 1. The minimum Gasteiger partial charge on any atom is -0.449 e. The number of hydrogen-bond donors (Lipinski definition) is 2. The SMILES string of the molecule is C=CCCOC(=O)NC(CS(C)(=O)=O)C(=O)NC(C)C#N. The lowest BCUT2D eigenvalue weighted by molar-refractivity contribution is -0.122. The molecule has 8 nitrogen and oxygen atoms in total. The van der Waals surface area contributed by atoms with E-state index in [9.17, 15) is 18.0 Å². The van der Waals surface area contributed by atoms with Gasteiger partial charge in [0.25, 0.3) is 0 Å². The van der Waals surface area contributed by atoms with Crippen molar-refractivity contribution >= 4 is 21.8 Å². The Morgan fingerprint density at radius 2 is 2.05 bits per heavy atom. The van der Waals surface area contributed by atoms with Gasteiger partial charge in [0, 0.05) is 6.26 Å². The largest absolute Gasteiger partial charge is 0.449 e. The van der Waals surface area contributed by atoms with Gasteiger partial charge < -0.3 is 15.4 Å². The van der Waals surface area contributed by atoms with Crippen LogP contribution in [-0.2, 0) is 19.4 Å². The standard InChI is InChI=1S/C12H19N3O5S/c1-4-5-6-20-12(17)15-10(8-21(3,18)19)11(16)14-9(2)7-13/h4,9-10H,1,5-6,8H2,2-3H3,(H,14,16)(H,15,17). The maximum atomic E-state index is 11.8. The summed E-state index contributed by atoms with van der Waals surface area (Å²) >= 11 is 0. The van der Waals surface area contributed by atoms with Crippen molar-refractivity contribution in [3.8, 4) is 6.07 Å². The Balaban J connectivity index is 4.74. The molecule has 0 aliphatic carbocycles. The van der Waals surface area contributed by atoms with Crippen LogP contribution in [0.2, 0.25) is 0 Å². The van der Waals surface area contributed by atoms with Gasteiger partial charge in [-0.3, -0.25) is 4.79 Å². The predicted octanol–water partition coefficient (Wildman–Crippen LogP) is -0.270. The van der Waals surface area contributed by atoms with E-state index in [0.717, 1.165) is 6.26 Å². The fourth-order valence-corrected chi connectivity index (χ4v) is 2.09. The molecule has 0 aromatic carbocycles. The molecule has 0 aliphatic heterocycles. The first-order chi connectivity index (χ1) is 9.69. The van der Waals surface area contributed by atoms with Crippen molar-refractivity contribution in [2.45, 2.75) is 25.4 Å². The second-order valence-electron chi connectivity index (χ2n) is 4.36. The predicted molar refractivity (Wildman–Crippen MR) is 76.0 cm³/mol. The molecule has 2 atom stereocenters. The summed E-state index contributed by atoms with van der Waals surface area (Å²) < 4.78 is 27.3. The molecule has 0 radical (unpaired) electrons. The molecule has 0 fully saturated rings. The summed E-state index contributed by atoms with van der Waals surface area (Å²) in [6.45, 7) is 4.95. The van der Waals surface area contributed by atoms with Crippen molar-refractivity contribution in [3.63, 3.8) is 0 Å². The Bertz CT molecular complexity index is 524. The first-order valence-electron chi connectivity index (χ1n) is 6.11. The third kappa shape index (κ3) is 9.45. The molecule has 2 amide bonds. The van der Waals surface area contributed by atoms with Gasteiger partial charge in [-0.1, -0.05) is 6.08 Å². The summed E-state index contributed by atoms with van der Waals surface area (Å²) in [6.07, 6.45) is 2.00. The van der Waals surface area contributed by atoms with E-state index in [0.29, 0.717) is 6.42 Å². The lowest BCUT2D eigenvalue weighted by Gasteiger charge is -2.18. The Hall–Kier alpha value is -2.08. The van der Waals surface area contributed by atoms with Crippen molar-refractivity contribution in [2.75, 3.05) is 18.6 Å². The fourth-order valence-electron chi connectivity index (χ4n) is 1.25. The van der Waals surface area contributed by atoms with E-state index in [1.54, 1.807) is 12.1 Å². The van der Waals surface area contributed by atoms with Gasteiger partial charge in [0.2, 0.25) is 5.91 Å². The van der Waals surface area contributed by atoms with Crippen molar-refractivity contribution < 1.29 is 22.7 Å². The van der Waals surface area contributed by atoms with Crippen LogP contribution in [0.5, 0.6) is 0 Å². The highest BCUT2D eigenvalue weighted by molar-refractivity contribution is 7.90. The van der Waals surface area contributed by atoms with E-state index in [1.165, 1.54) is 6.92 Å². The highest BCUT2D eigenvalue weighted by Crippen LogP contribution is 1.96. The van der Waals surface area contributed by atoms with Crippen molar-refractivity contribution in [1.29, 1.82) is 5.26 Å². The highest BCUT2D eigenvalue weighted by atomic mass is 32.2. The maximum absolute atomic E-state index is 11.8. The van der Waals surface area contributed by atoms with E-state index in [2.05, 4.69) is 17.2 Å². The lowest BCUT2D eigenvalue weighted by Crippen LogP contribution is -2.52. The number of nitrogens with one attached hydrogen (secondary N) is 2. The number of carbonyl (C=O) groups is 2. The van der Waals surface area contributed by atoms with Crippen molar-refractivity contribution in [1.82, 2.24) is 10.6 Å². The molecule has 0 saturated carbocycles. The van der Waals surface area contributed by atoms with Gasteiger partial charge in [-0.15, -0.1) is 6.58 Å². The zero-order chi connectivity index (χ0) is 16.5. The smallest absolute Gasteiger partial charge is 0.407 e. The van der Waals surface area contributed by atoms with E-state index >= 15 is 0 Å². The van der Waals surface area contributed by atoms with Gasteiger partial charge in [-0.25, -0.2) is 13.2 Å². The van der Waals surface area contributed by atoms with E-state index < -0.39 is 39.7 Å². The summed E-state index contributed by atoms with van der Waals surface area (Å²) in [5.74, 6) is -1.36. The number of amides is 2. The minimum absolute atomic E-state index is 0.0666. The zero-order valence-electron chi connectivity index (χ0n) is 12.0. The average Bonchev–Trinajstić information content (AvgIpc) is 2.36. The molecule has 0 aromatic rings. The summed E-state index contributed by atoms with van der Waals surface area (Å²) in [4.78, 5) is 23.3. The van der Waals surface area contributed by atoms with Crippen LogP contribution in [0.3, 0.4) is 0 Å². The molecular weight excluding hydrogens is 298 g/mol. The van der Waals surface area contributed by atoms with Crippen LogP contribution < -0.4 is 10.6 Å². The molecule has 0 spiro atoms. The number of ether oxygens (including phenoxy) is 1. The summed E-state index contributed by atoms with van der Waals surface area (Å²) in [6, 6.07) is -0.362. The normalized spacial score (nSPS) is 13.4. The molecule has 118 valence electrons.